The average Bonchev–Trinajstić information content (AvgIpc) is 2.69. The predicted octanol–water partition coefficient (Wildman–Crippen LogP) is 4.62. The first-order valence-electron chi connectivity index (χ1n) is 6.98. The standard InChI is InChI=1S/C19H14O2/c20-12-13-6-5-10-17-15-8-2-1-7-14(15)16-9-3-4-11-18(16)21-19(13)17/h1-11,20H,12H2. The molecule has 0 fully saturated rings. The van der Waals surface area contributed by atoms with Gasteiger partial charge in [0.05, 0.1) is 6.61 Å². The van der Waals surface area contributed by atoms with Crippen molar-refractivity contribution in [2.45, 2.75) is 6.61 Å². The SMILES string of the molecule is OCc1cccc2c1Oc1ccccc1-c1ccccc1-2. The third kappa shape index (κ3) is 1.84. The number of rotatable bonds is 1. The van der Waals surface area contributed by atoms with Gasteiger partial charge >= 0.3 is 0 Å². The maximum absolute atomic E-state index is 9.60. The lowest BCUT2D eigenvalue weighted by molar-refractivity contribution is 0.277. The van der Waals surface area contributed by atoms with Crippen molar-refractivity contribution in [3.63, 3.8) is 0 Å². The highest BCUT2D eigenvalue weighted by molar-refractivity contribution is 5.90. The Morgan fingerprint density at radius 1 is 0.667 bits per heavy atom. The normalized spacial score (nSPS) is 11.7. The quantitative estimate of drug-likeness (QED) is 0.549. The van der Waals surface area contributed by atoms with Crippen LogP contribution >= 0.6 is 0 Å². The molecule has 0 atom stereocenters. The highest BCUT2D eigenvalue weighted by atomic mass is 16.5. The summed E-state index contributed by atoms with van der Waals surface area (Å²) in [5.41, 5.74) is 5.19. The minimum Gasteiger partial charge on any atom is -0.456 e. The fourth-order valence-corrected chi connectivity index (χ4v) is 2.88. The molecular formula is C19H14O2. The summed E-state index contributed by atoms with van der Waals surface area (Å²) in [4.78, 5) is 0. The molecule has 0 saturated heterocycles. The monoisotopic (exact) mass is 274 g/mol. The molecule has 1 N–H and O–H groups in total. The summed E-state index contributed by atoms with van der Waals surface area (Å²) >= 11 is 0. The van der Waals surface area contributed by atoms with Gasteiger partial charge in [-0.25, -0.2) is 0 Å². The number of aliphatic hydroxyl groups excluding tert-OH is 1. The summed E-state index contributed by atoms with van der Waals surface area (Å²) < 4.78 is 6.15. The second kappa shape index (κ2) is 4.76. The number of benzene rings is 3. The summed E-state index contributed by atoms with van der Waals surface area (Å²) in [6.07, 6.45) is 0. The van der Waals surface area contributed by atoms with Gasteiger partial charge in [0.25, 0.3) is 0 Å². The van der Waals surface area contributed by atoms with E-state index >= 15 is 0 Å². The van der Waals surface area contributed by atoms with Crippen molar-refractivity contribution in [3.8, 4) is 33.8 Å². The molecule has 21 heavy (non-hydrogen) atoms. The van der Waals surface area contributed by atoms with Crippen molar-refractivity contribution < 1.29 is 9.84 Å². The van der Waals surface area contributed by atoms with Crippen LogP contribution in [0.25, 0.3) is 22.3 Å². The van der Waals surface area contributed by atoms with Crippen LogP contribution in [0.3, 0.4) is 0 Å². The van der Waals surface area contributed by atoms with E-state index in [0.29, 0.717) is 0 Å². The molecule has 2 heteroatoms. The summed E-state index contributed by atoms with van der Waals surface area (Å²) in [5.74, 6) is 1.57. The summed E-state index contributed by atoms with van der Waals surface area (Å²) in [5, 5.41) is 9.60. The van der Waals surface area contributed by atoms with E-state index in [4.69, 9.17) is 4.74 Å². The Hall–Kier alpha value is -2.58. The van der Waals surface area contributed by atoms with Crippen molar-refractivity contribution >= 4 is 0 Å². The molecule has 1 aliphatic heterocycles. The number of aliphatic hydroxyl groups is 1. The maximum Gasteiger partial charge on any atom is 0.140 e. The fourth-order valence-electron chi connectivity index (χ4n) is 2.88. The van der Waals surface area contributed by atoms with Crippen LogP contribution in [0.1, 0.15) is 5.56 Å². The van der Waals surface area contributed by atoms with Gasteiger partial charge in [-0.15, -0.1) is 0 Å². The van der Waals surface area contributed by atoms with Crippen LogP contribution in [0, 0.1) is 0 Å². The van der Waals surface area contributed by atoms with Gasteiger partial charge in [0.15, 0.2) is 0 Å². The molecule has 3 aromatic rings. The maximum atomic E-state index is 9.60. The first kappa shape index (κ1) is 12.2. The largest absolute Gasteiger partial charge is 0.456 e. The zero-order valence-electron chi connectivity index (χ0n) is 11.4. The van der Waals surface area contributed by atoms with E-state index in [1.807, 2.05) is 48.5 Å². The molecule has 3 aromatic carbocycles. The molecule has 0 amide bonds. The molecule has 0 saturated carbocycles. The molecule has 1 heterocycles. The zero-order valence-corrected chi connectivity index (χ0v) is 11.4. The lowest BCUT2D eigenvalue weighted by Crippen LogP contribution is -1.93. The Morgan fingerprint density at radius 3 is 2.05 bits per heavy atom. The fraction of sp³-hybridized carbons (Fsp3) is 0.0526. The predicted molar refractivity (Wildman–Crippen MR) is 83.3 cm³/mol. The molecule has 0 aromatic heterocycles. The van der Waals surface area contributed by atoms with Gasteiger partial charge in [-0.05, 0) is 17.2 Å². The summed E-state index contributed by atoms with van der Waals surface area (Å²) in [6.45, 7) is -0.0342. The van der Waals surface area contributed by atoms with Crippen molar-refractivity contribution in [2.75, 3.05) is 0 Å². The Kier molecular flexibility index (Phi) is 2.76. The molecule has 0 radical (unpaired) electrons. The average molecular weight is 274 g/mol. The molecule has 0 aliphatic carbocycles. The Labute approximate surface area is 123 Å². The van der Waals surface area contributed by atoms with Gasteiger partial charge in [-0.1, -0.05) is 60.7 Å². The van der Waals surface area contributed by atoms with Gasteiger partial charge in [0, 0.05) is 16.7 Å². The molecule has 1 aliphatic rings. The molecule has 0 bridgehead atoms. The third-order valence-corrected chi connectivity index (χ3v) is 3.87. The first-order chi connectivity index (χ1) is 10.4. The van der Waals surface area contributed by atoms with Gasteiger partial charge in [-0.3, -0.25) is 0 Å². The lowest BCUT2D eigenvalue weighted by Gasteiger charge is -2.12. The van der Waals surface area contributed by atoms with E-state index in [9.17, 15) is 5.11 Å². The number of hydrogen-bond donors (Lipinski definition) is 1. The van der Waals surface area contributed by atoms with E-state index in [1.165, 1.54) is 0 Å². The smallest absolute Gasteiger partial charge is 0.140 e. The van der Waals surface area contributed by atoms with E-state index in [0.717, 1.165) is 39.3 Å². The first-order valence-corrected chi connectivity index (χ1v) is 6.98. The van der Waals surface area contributed by atoms with Crippen LogP contribution < -0.4 is 4.74 Å². The van der Waals surface area contributed by atoms with E-state index in [2.05, 4.69) is 18.2 Å². The molecular weight excluding hydrogens is 260 g/mol. The van der Waals surface area contributed by atoms with Crippen molar-refractivity contribution in [3.05, 3.63) is 72.3 Å². The number of hydrogen-bond acceptors (Lipinski definition) is 2. The lowest BCUT2D eigenvalue weighted by atomic mass is 9.94. The molecule has 0 unspecified atom stereocenters. The molecule has 2 nitrogen and oxygen atoms in total. The highest BCUT2D eigenvalue weighted by Crippen LogP contribution is 2.47. The van der Waals surface area contributed by atoms with Crippen LogP contribution in [0.2, 0.25) is 0 Å². The highest BCUT2D eigenvalue weighted by Gasteiger charge is 2.21. The summed E-state index contributed by atoms with van der Waals surface area (Å²) in [7, 11) is 0. The van der Waals surface area contributed by atoms with Gasteiger partial charge in [0.1, 0.15) is 11.5 Å². The molecule has 102 valence electrons. The number of ether oxygens (including phenoxy) is 1. The zero-order chi connectivity index (χ0) is 14.2. The van der Waals surface area contributed by atoms with Gasteiger partial charge in [-0.2, -0.15) is 0 Å². The minimum absolute atomic E-state index is 0.0342. The molecule has 4 rings (SSSR count). The van der Waals surface area contributed by atoms with Crippen LogP contribution in [-0.2, 0) is 6.61 Å². The van der Waals surface area contributed by atoms with Crippen LogP contribution in [0.15, 0.2) is 66.7 Å². The number of fused-ring (bicyclic) bond motifs is 5. The van der Waals surface area contributed by atoms with Gasteiger partial charge in [0.2, 0.25) is 0 Å². The number of para-hydroxylation sites is 2. The van der Waals surface area contributed by atoms with E-state index in [1.54, 1.807) is 0 Å². The van der Waals surface area contributed by atoms with Crippen LogP contribution in [-0.4, -0.2) is 5.11 Å². The molecule has 0 spiro atoms. The second-order valence-electron chi connectivity index (χ2n) is 5.10. The second-order valence-corrected chi connectivity index (χ2v) is 5.10. The van der Waals surface area contributed by atoms with Crippen LogP contribution in [0.4, 0.5) is 0 Å². The van der Waals surface area contributed by atoms with Crippen molar-refractivity contribution in [2.24, 2.45) is 0 Å². The topological polar surface area (TPSA) is 29.5 Å². The van der Waals surface area contributed by atoms with E-state index in [-0.39, 0.29) is 6.61 Å². The van der Waals surface area contributed by atoms with Crippen LogP contribution in [0.5, 0.6) is 11.5 Å². The van der Waals surface area contributed by atoms with Crippen molar-refractivity contribution in [1.82, 2.24) is 0 Å². The minimum atomic E-state index is -0.0342. The summed E-state index contributed by atoms with van der Waals surface area (Å²) in [6, 6.07) is 22.2. The Bertz CT molecular complexity index is 821. The van der Waals surface area contributed by atoms with Crippen molar-refractivity contribution in [1.29, 1.82) is 0 Å². The third-order valence-electron chi connectivity index (χ3n) is 3.87. The van der Waals surface area contributed by atoms with Gasteiger partial charge < -0.3 is 9.84 Å². The Balaban J connectivity index is 2.11. The Morgan fingerprint density at radius 2 is 1.29 bits per heavy atom. The van der Waals surface area contributed by atoms with E-state index < -0.39 is 0 Å².